The fraction of sp³-hybridized carbons (Fsp3) is 0.0833. The van der Waals surface area contributed by atoms with Gasteiger partial charge in [-0.1, -0.05) is 24.3 Å². The number of hydrogen-bond donors (Lipinski definition) is 2. The minimum Gasteiger partial charge on any atom is -0.465 e. The van der Waals surface area contributed by atoms with E-state index in [1.165, 1.54) is 13.2 Å². The van der Waals surface area contributed by atoms with Crippen molar-refractivity contribution in [2.75, 3.05) is 24.4 Å². The van der Waals surface area contributed by atoms with E-state index in [0.29, 0.717) is 11.3 Å². The van der Waals surface area contributed by atoms with Crippen LogP contribution < -0.4 is 15.5 Å². The van der Waals surface area contributed by atoms with E-state index in [2.05, 4.69) is 15.4 Å². The lowest BCUT2D eigenvalue weighted by Crippen LogP contribution is -2.34. The number of nitrogens with zero attached hydrogens (tertiary/aromatic N) is 1. The number of esters is 1. The Kier molecular flexibility index (Phi) is 7.30. The molecule has 0 fully saturated rings. The van der Waals surface area contributed by atoms with Gasteiger partial charge in [0.1, 0.15) is 0 Å². The second-order valence-electron chi connectivity index (χ2n) is 6.76. The lowest BCUT2D eigenvalue weighted by atomic mass is 10.1. The Balaban J connectivity index is 1.60. The molecule has 8 heteroatoms. The molecule has 0 aliphatic rings. The molecule has 2 amide bonds. The van der Waals surface area contributed by atoms with Crippen LogP contribution in [0.4, 0.5) is 11.4 Å². The van der Waals surface area contributed by atoms with Crippen LogP contribution in [0.1, 0.15) is 31.1 Å². The Hall–Kier alpha value is -4.04. The molecule has 0 aromatic heterocycles. The zero-order valence-electron chi connectivity index (χ0n) is 17.5. The van der Waals surface area contributed by atoms with E-state index < -0.39 is 11.9 Å². The Morgan fingerprint density at radius 1 is 0.844 bits per heavy atom. The summed E-state index contributed by atoms with van der Waals surface area (Å²) in [4.78, 5) is 38.3. The van der Waals surface area contributed by atoms with Gasteiger partial charge in [0.25, 0.3) is 11.8 Å². The van der Waals surface area contributed by atoms with Gasteiger partial charge in [0, 0.05) is 29.5 Å². The van der Waals surface area contributed by atoms with Gasteiger partial charge in [-0.2, -0.15) is 0 Å². The smallest absolute Gasteiger partial charge is 0.337 e. The molecule has 0 aliphatic heterocycles. The maximum Gasteiger partial charge on any atom is 0.337 e. The molecule has 0 unspecified atom stereocenters. The minimum atomic E-state index is -0.534. The number of para-hydroxylation sites is 1. The van der Waals surface area contributed by atoms with Crippen LogP contribution in [0.15, 0.2) is 78.9 Å². The van der Waals surface area contributed by atoms with Crippen molar-refractivity contribution in [1.29, 1.82) is 0 Å². The molecule has 0 spiro atoms. The molecule has 32 heavy (non-hydrogen) atoms. The van der Waals surface area contributed by atoms with Crippen molar-refractivity contribution in [2.24, 2.45) is 0 Å². The number of amides is 2. The van der Waals surface area contributed by atoms with E-state index in [9.17, 15) is 14.4 Å². The second kappa shape index (κ2) is 10.3. The van der Waals surface area contributed by atoms with Gasteiger partial charge in [0.2, 0.25) is 0 Å². The van der Waals surface area contributed by atoms with Crippen LogP contribution >= 0.6 is 12.2 Å². The fourth-order valence-corrected chi connectivity index (χ4v) is 3.11. The fourth-order valence-electron chi connectivity index (χ4n) is 2.90. The standard InChI is InChI=1S/C24H21N3O4S/c1-27(20-9-4-3-5-10-20)22(29)16-11-13-19(14-12-16)25-24(32)26-21(28)17-7-6-8-18(15-17)23(30)31-2/h3-15H,1-2H3,(H2,25,26,28,32). The van der Waals surface area contributed by atoms with Crippen molar-refractivity contribution in [2.45, 2.75) is 0 Å². The van der Waals surface area contributed by atoms with Gasteiger partial charge in [0.05, 0.1) is 12.7 Å². The van der Waals surface area contributed by atoms with Crippen molar-refractivity contribution in [1.82, 2.24) is 5.32 Å². The first-order valence-electron chi connectivity index (χ1n) is 9.63. The molecule has 162 valence electrons. The topological polar surface area (TPSA) is 87.7 Å². The molecule has 3 rings (SSSR count). The first-order chi connectivity index (χ1) is 15.4. The van der Waals surface area contributed by atoms with Crippen LogP contribution in [0.5, 0.6) is 0 Å². The molecule has 0 saturated heterocycles. The quantitative estimate of drug-likeness (QED) is 0.456. The van der Waals surface area contributed by atoms with Crippen molar-refractivity contribution in [3.05, 3.63) is 95.6 Å². The van der Waals surface area contributed by atoms with Crippen molar-refractivity contribution >= 4 is 46.5 Å². The molecule has 2 N–H and O–H groups in total. The molecule has 3 aromatic rings. The molecule has 0 saturated carbocycles. The van der Waals surface area contributed by atoms with E-state index in [4.69, 9.17) is 12.2 Å². The van der Waals surface area contributed by atoms with Crippen LogP contribution in [0, 0.1) is 0 Å². The SMILES string of the molecule is COC(=O)c1cccc(C(=O)NC(=S)Nc2ccc(C(=O)N(C)c3ccccc3)cc2)c1. The summed E-state index contributed by atoms with van der Waals surface area (Å²) in [6, 6.07) is 22.2. The number of rotatable bonds is 5. The van der Waals surface area contributed by atoms with Gasteiger partial charge in [0.15, 0.2) is 5.11 Å². The highest BCUT2D eigenvalue weighted by atomic mass is 32.1. The van der Waals surface area contributed by atoms with E-state index in [0.717, 1.165) is 5.69 Å². The summed E-state index contributed by atoms with van der Waals surface area (Å²) in [5.41, 5.74) is 2.44. The van der Waals surface area contributed by atoms with Crippen LogP contribution in [0.2, 0.25) is 0 Å². The van der Waals surface area contributed by atoms with Gasteiger partial charge in [-0.05, 0) is 66.8 Å². The molecule has 0 heterocycles. The van der Waals surface area contributed by atoms with Gasteiger partial charge in [-0.25, -0.2) is 4.79 Å². The number of methoxy groups -OCH3 is 1. The maximum absolute atomic E-state index is 12.7. The van der Waals surface area contributed by atoms with Gasteiger partial charge in [-0.3, -0.25) is 14.9 Å². The Morgan fingerprint density at radius 3 is 2.16 bits per heavy atom. The largest absolute Gasteiger partial charge is 0.465 e. The van der Waals surface area contributed by atoms with E-state index >= 15 is 0 Å². The molecular formula is C24H21N3O4S. The lowest BCUT2D eigenvalue weighted by molar-refractivity contribution is 0.0600. The van der Waals surface area contributed by atoms with E-state index in [1.54, 1.807) is 54.4 Å². The molecule has 7 nitrogen and oxygen atoms in total. The third kappa shape index (κ3) is 5.55. The number of ether oxygens (including phenoxy) is 1. The number of anilines is 2. The van der Waals surface area contributed by atoms with Crippen molar-refractivity contribution in [3.63, 3.8) is 0 Å². The normalized spacial score (nSPS) is 10.1. The zero-order chi connectivity index (χ0) is 23.1. The third-order valence-corrected chi connectivity index (χ3v) is 4.81. The summed E-state index contributed by atoms with van der Waals surface area (Å²) in [6.07, 6.45) is 0. The summed E-state index contributed by atoms with van der Waals surface area (Å²) < 4.78 is 4.66. The van der Waals surface area contributed by atoms with Crippen LogP contribution in [-0.4, -0.2) is 37.1 Å². The summed E-state index contributed by atoms with van der Waals surface area (Å²) in [5, 5.41) is 5.54. The Bertz CT molecular complexity index is 1150. The molecule has 3 aromatic carbocycles. The summed E-state index contributed by atoms with van der Waals surface area (Å²) in [6.45, 7) is 0. The van der Waals surface area contributed by atoms with E-state index in [1.807, 2.05) is 30.3 Å². The first kappa shape index (κ1) is 22.6. The molecular weight excluding hydrogens is 426 g/mol. The lowest BCUT2D eigenvalue weighted by Gasteiger charge is -2.17. The second-order valence-corrected chi connectivity index (χ2v) is 7.17. The highest BCUT2D eigenvalue weighted by molar-refractivity contribution is 7.80. The third-order valence-electron chi connectivity index (χ3n) is 4.61. The maximum atomic E-state index is 12.7. The van der Waals surface area contributed by atoms with Crippen molar-refractivity contribution in [3.8, 4) is 0 Å². The zero-order valence-corrected chi connectivity index (χ0v) is 18.3. The molecule has 0 radical (unpaired) electrons. The van der Waals surface area contributed by atoms with Crippen molar-refractivity contribution < 1.29 is 19.1 Å². The van der Waals surface area contributed by atoms with Crippen LogP contribution in [0.25, 0.3) is 0 Å². The highest BCUT2D eigenvalue weighted by Gasteiger charge is 2.14. The van der Waals surface area contributed by atoms with Crippen LogP contribution in [0.3, 0.4) is 0 Å². The number of carbonyl (C=O) groups is 3. The van der Waals surface area contributed by atoms with E-state index in [-0.39, 0.29) is 22.1 Å². The average Bonchev–Trinajstić information content (AvgIpc) is 2.83. The average molecular weight is 448 g/mol. The number of nitrogens with one attached hydrogen (secondary N) is 2. The number of hydrogen-bond acceptors (Lipinski definition) is 5. The minimum absolute atomic E-state index is 0.0824. The Morgan fingerprint density at radius 2 is 1.50 bits per heavy atom. The van der Waals surface area contributed by atoms with Gasteiger partial charge >= 0.3 is 5.97 Å². The van der Waals surface area contributed by atoms with Gasteiger partial charge in [-0.15, -0.1) is 0 Å². The summed E-state index contributed by atoms with van der Waals surface area (Å²) >= 11 is 5.20. The summed E-state index contributed by atoms with van der Waals surface area (Å²) in [7, 11) is 2.98. The molecule has 0 aliphatic carbocycles. The number of benzene rings is 3. The highest BCUT2D eigenvalue weighted by Crippen LogP contribution is 2.17. The summed E-state index contributed by atoms with van der Waals surface area (Å²) in [5.74, 6) is -1.15. The predicted molar refractivity (Wildman–Crippen MR) is 127 cm³/mol. The molecule has 0 bridgehead atoms. The Labute approximate surface area is 191 Å². The van der Waals surface area contributed by atoms with Gasteiger partial charge < -0.3 is 15.0 Å². The number of carbonyl (C=O) groups excluding carboxylic acids is 3. The predicted octanol–water partition coefficient (Wildman–Crippen LogP) is 3.88. The number of thiocarbonyl (C=S) groups is 1. The van der Waals surface area contributed by atoms with Crippen LogP contribution in [-0.2, 0) is 4.74 Å². The monoisotopic (exact) mass is 447 g/mol. The molecule has 0 atom stereocenters. The first-order valence-corrected chi connectivity index (χ1v) is 10.0.